The number of carbonyl (C=O) groups excluding carboxylic acids is 1. The van der Waals surface area contributed by atoms with E-state index in [2.05, 4.69) is 5.32 Å². The Morgan fingerprint density at radius 2 is 1.94 bits per heavy atom. The standard InChI is InChI=1S/C12H9F2NOS/c1-7-2-5-11(17-7)12(16)15-8-3-4-9(13)10(14)6-8/h2-6H,1H3,(H,15,16). The van der Waals surface area contributed by atoms with Crippen LogP contribution in [-0.4, -0.2) is 5.91 Å². The maximum Gasteiger partial charge on any atom is 0.265 e. The molecule has 1 aromatic carbocycles. The molecule has 2 rings (SSSR count). The van der Waals surface area contributed by atoms with Gasteiger partial charge in [-0.1, -0.05) is 0 Å². The molecular weight excluding hydrogens is 244 g/mol. The van der Waals surface area contributed by atoms with Gasteiger partial charge in [-0.15, -0.1) is 11.3 Å². The van der Waals surface area contributed by atoms with Crippen LogP contribution in [0.1, 0.15) is 14.5 Å². The summed E-state index contributed by atoms with van der Waals surface area (Å²) in [5.74, 6) is -2.24. The van der Waals surface area contributed by atoms with Crippen LogP contribution in [0.5, 0.6) is 0 Å². The molecule has 1 aromatic heterocycles. The summed E-state index contributed by atoms with van der Waals surface area (Å²) in [6, 6.07) is 6.76. The van der Waals surface area contributed by atoms with Crippen molar-refractivity contribution in [2.75, 3.05) is 5.32 Å². The SMILES string of the molecule is Cc1ccc(C(=O)Nc2ccc(F)c(F)c2)s1. The molecule has 1 heterocycles. The highest BCUT2D eigenvalue weighted by atomic mass is 32.1. The van der Waals surface area contributed by atoms with E-state index in [0.29, 0.717) is 4.88 Å². The van der Waals surface area contributed by atoms with Gasteiger partial charge in [-0.05, 0) is 31.2 Å². The second-order valence-corrected chi connectivity index (χ2v) is 4.78. The summed E-state index contributed by atoms with van der Waals surface area (Å²) in [4.78, 5) is 13.3. The van der Waals surface area contributed by atoms with Crippen LogP contribution in [0.4, 0.5) is 14.5 Å². The summed E-state index contributed by atoms with van der Waals surface area (Å²) in [6.07, 6.45) is 0. The minimum absolute atomic E-state index is 0.236. The summed E-state index contributed by atoms with van der Waals surface area (Å²) < 4.78 is 25.6. The lowest BCUT2D eigenvalue weighted by Crippen LogP contribution is -2.10. The summed E-state index contributed by atoms with van der Waals surface area (Å²) in [7, 11) is 0. The number of thiophene rings is 1. The van der Waals surface area contributed by atoms with Crippen molar-refractivity contribution < 1.29 is 13.6 Å². The number of hydrogen-bond acceptors (Lipinski definition) is 2. The Labute approximate surface area is 101 Å². The van der Waals surface area contributed by atoms with E-state index >= 15 is 0 Å². The van der Waals surface area contributed by atoms with E-state index in [1.807, 2.05) is 13.0 Å². The van der Waals surface area contributed by atoms with E-state index in [0.717, 1.165) is 17.0 Å². The van der Waals surface area contributed by atoms with Crippen molar-refractivity contribution >= 4 is 22.9 Å². The van der Waals surface area contributed by atoms with E-state index in [4.69, 9.17) is 0 Å². The Bertz CT molecular complexity index is 565. The van der Waals surface area contributed by atoms with Gasteiger partial charge in [0.05, 0.1) is 4.88 Å². The van der Waals surface area contributed by atoms with Gasteiger partial charge in [0.1, 0.15) is 0 Å². The van der Waals surface area contributed by atoms with Gasteiger partial charge in [-0.2, -0.15) is 0 Å². The highest BCUT2D eigenvalue weighted by Gasteiger charge is 2.09. The molecule has 0 aliphatic heterocycles. The average molecular weight is 253 g/mol. The minimum Gasteiger partial charge on any atom is -0.321 e. The van der Waals surface area contributed by atoms with E-state index in [-0.39, 0.29) is 11.6 Å². The van der Waals surface area contributed by atoms with Crippen LogP contribution in [-0.2, 0) is 0 Å². The largest absolute Gasteiger partial charge is 0.321 e. The maximum atomic E-state index is 12.9. The van der Waals surface area contributed by atoms with Gasteiger partial charge in [-0.25, -0.2) is 8.78 Å². The third kappa shape index (κ3) is 2.68. The molecule has 0 bridgehead atoms. The molecule has 1 N–H and O–H groups in total. The van der Waals surface area contributed by atoms with Crippen molar-refractivity contribution in [1.82, 2.24) is 0 Å². The van der Waals surface area contributed by atoms with Gasteiger partial charge in [0.15, 0.2) is 11.6 Å². The topological polar surface area (TPSA) is 29.1 Å². The maximum absolute atomic E-state index is 12.9. The number of carbonyl (C=O) groups is 1. The fourth-order valence-corrected chi connectivity index (χ4v) is 2.09. The van der Waals surface area contributed by atoms with Gasteiger partial charge < -0.3 is 5.32 Å². The molecule has 0 unspecified atom stereocenters. The Morgan fingerprint density at radius 1 is 1.18 bits per heavy atom. The van der Waals surface area contributed by atoms with E-state index in [9.17, 15) is 13.6 Å². The molecule has 0 saturated carbocycles. The van der Waals surface area contributed by atoms with Crippen LogP contribution >= 0.6 is 11.3 Å². The zero-order valence-electron chi connectivity index (χ0n) is 8.96. The first-order valence-corrected chi connectivity index (χ1v) is 5.71. The van der Waals surface area contributed by atoms with Gasteiger partial charge >= 0.3 is 0 Å². The fraction of sp³-hybridized carbons (Fsp3) is 0.0833. The quantitative estimate of drug-likeness (QED) is 0.870. The molecule has 2 aromatic rings. The van der Waals surface area contributed by atoms with Crippen LogP contribution in [0.3, 0.4) is 0 Å². The predicted octanol–water partition coefficient (Wildman–Crippen LogP) is 3.59. The van der Waals surface area contributed by atoms with Crippen LogP contribution in [0.2, 0.25) is 0 Å². The minimum atomic E-state index is -0.981. The van der Waals surface area contributed by atoms with Crippen molar-refractivity contribution in [3.8, 4) is 0 Å². The third-order valence-electron chi connectivity index (χ3n) is 2.14. The zero-order valence-corrected chi connectivity index (χ0v) is 9.78. The Balaban J connectivity index is 2.15. The first kappa shape index (κ1) is 11.7. The number of anilines is 1. The molecule has 0 atom stereocenters. The van der Waals surface area contributed by atoms with Crippen molar-refractivity contribution in [3.63, 3.8) is 0 Å². The van der Waals surface area contributed by atoms with Crippen molar-refractivity contribution in [2.24, 2.45) is 0 Å². The predicted molar refractivity (Wildman–Crippen MR) is 63.4 cm³/mol. The number of aryl methyl sites for hydroxylation is 1. The number of nitrogens with one attached hydrogen (secondary N) is 1. The van der Waals surface area contributed by atoms with E-state index < -0.39 is 11.6 Å². The van der Waals surface area contributed by atoms with Crippen LogP contribution in [0.25, 0.3) is 0 Å². The van der Waals surface area contributed by atoms with Gasteiger partial charge in [-0.3, -0.25) is 4.79 Å². The lowest BCUT2D eigenvalue weighted by atomic mass is 10.3. The zero-order chi connectivity index (χ0) is 12.4. The van der Waals surface area contributed by atoms with Gasteiger partial charge in [0.25, 0.3) is 5.91 Å². The van der Waals surface area contributed by atoms with Crippen LogP contribution < -0.4 is 5.32 Å². The summed E-state index contributed by atoms with van der Waals surface area (Å²) in [5.41, 5.74) is 0.236. The fourth-order valence-electron chi connectivity index (χ4n) is 1.32. The monoisotopic (exact) mass is 253 g/mol. The third-order valence-corrected chi connectivity index (χ3v) is 3.14. The molecule has 88 valence electrons. The average Bonchev–Trinajstić information content (AvgIpc) is 2.70. The number of rotatable bonds is 2. The van der Waals surface area contributed by atoms with Crippen LogP contribution in [0.15, 0.2) is 30.3 Å². The Morgan fingerprint density at radius 3 is 2.53 bits per heavy atom. The first-order valence-electron chi connectivity index (χ1n) is 4.89. The normalized spacial score (nSPS) is 10.3. The molecular formula is C12H9F2NOS. The smallest absolute Gasteiger partial charge is 0.265 e. The lowest BCUT2D eigenvalue weighted by Gasteiger charge is -2.03. The van der Waals surface area contributed by atoms with Crippen molar-refractivity contribution in [2.45, 2.75) is 6.92 Å². The molecule has 0 fully saturated rings. The Hall–Kier alpha value is -1.75. The van der Waals surface area contributed by atoms with Crippen LogP contribution in [0, 0.1) is 18.6 Å². The Kier molecular flexibility index (Phi) is 3.19. The van der Waals surface area contributed by atoms with E-state index in [1.165, 1.54) is 17.4 Å². The van der Waals surface area contributed by atoms with Gasteiger partial charge in [0, 0.05) is 16.6 Å². The van der Waals surface area contributed by atoms with Crippen molar-refractivity contribution in [3.05, 3.63) is 51.7 Å². The first-order chi connectivity index (χ1) is 8.06. The number of amides is 1. The molecule has 0 spiro atoms. The van der Waals surface area contributed by atoms with Crippen molar-refractivity contribution in [1.29, 1.82) is 0 Å². The molecule has 5 heteroatoms. The number of halogens is 2. The molecule has 1 amide bonds. The molecule has 0 aliphatic rings. The second-order valence-electron chi connectivity index (χ2n) is 3.49. The highest BCUT2D eigenvalue weighted by Crippen LogP contribution is 2.18. The summed E-state index contributed by atoms with van der Waals surface area (Å²) >= 11 is 1.34. The number of hydrogen-bond donors (Lipinski definition) is 1. The summed E-state index contributed by atoms with van der Waals surface area (Å²) in [5, 5.41) is 2.50. The number of benzene rings is 1. The molecule has 0 saturated heterocycles. The molecule has 0 aliphatic carbocycles. The van der Waals surface area contributed by atoms with Gasteiger partial charge in [0.2, 0.25) is 0 Å². The molecule has 2 nitrogen and oxygen atoms in total. The van der Waals surface area contributed by atoms with E-state index in [1.54, 1.807) is 6.07 Å². The highest BCUT2D eigenvalue weighted by molar-refractivity contribution is 7.14. The molecule has 17 heavy (non-hydrogen) atoms. The molecule has 0 radical (unpaired) electrons. The lowest BCUT2D eigenvalue weighted by molar-refractivity contribution is 0.103. The second kappa shape index (κ2) is 4.63. The summed E-state index contributed by atoms with van der Waals surface area (Å²) in [6.45, 7) is 1.89.